The summed E-state index contributed by atoms with van der Waals surface area (Å²) in [4.78, 5) is 12.5. The van der Waals surface area contributed by atoms with Crippen LogP contribution in [0.5, 0.6) is 11.5 Å². The normalized spacial score (nSPS) is 10.8. The van der Waals surface area contributed by atoms with Gasteiger partial charge < -0.3 is 14.6 Å². The molecule has 0 fully saturated rings. The third kappa shape index (κ3) is 4.84. The summed E-state index contributed by atoms with van der Waals surface area (Å²) in [5.74, 6) is 1.68. The lowest BCUT2D eigenvalue weighted by Crippen LogP contribution is -2.22. The van der Waals surface area contributed by atoms with Crippen LogP contribution < -0.4 is 10.1 Å². The van der Waals surface area contributed by atoms with Gasteiger partial charge in [-0.1, -0.05) is 47.1 Å². The molecular formula is C26H23ClN2O3. The molecule has 5 nitrogen and oxygen atoms in total. The van der Waals surface area contributed by atoms with Crippen molar-refractivity contribution in [2.75, 3.05) is 0 Å². The smallest absolute Gasteiger partial charge is 0.273 e. The first-order valence-corrected chi connectivity index (χ1v) is 10.6. The lowest BCUT2D eigenvalue weighted by atomic mass is 10.0. The van der Waals surface area contributed by atoms with Gasteiger partial charge in [-0.05, 0) is 67.8 Å². The third-order valence-corrected chi connectivity index (χ3v) is 5.77. The van der Waals surface area contributed by atoms with Gasteiger partial charge in [0.15, 0.2) is 11.5 Å². The molecule has 0 unspecified atom stereocenters. The third-order valence-electron chi connectivity index (χ3n) is 5.36. The van der Waals surface area contributed by atoms with Crippen molar-refractivity contribution in [3.05, 3.63) is 99.7 Å². The van der Waals surface area contributed by atoms with Gasteiger partial charge in [0, 0.05) is 28.8 Å². The summed E-state index contributed by atoms with van der Waals surface area (Å²) in [6.07, 6.45) is 0. The summed E-state index contributed by atoms with van der Waals surface area (Å²) in [7, 11) is 0. The molecule has 6 heteroatoms. The lowest BCUT2D eigenvalue weighted by Gasteiger charge is -2.10. The number of hydrogen-bond donors (Lipinski definition) is 1. The Morgan fingerprint density at radius 2 is 1.78 bits per heavy atom. The first-order chi connectivity index (χ1) is 15.4. The van der Waals surface area contributed by atoms with Gasteiger partial charge in [-0.3, -0.25) is 4.79 Å². The van der Waals surface area contributed by atoms with Crippen molar-refractivity contribution in [1.29, 1.82) is 0 Å². The molecule has 3 aromatic carbocycles. The predicted octanol–water partition coefficient (Wildman–Crippen LogP) is 6.64. The topological polar surface area (TPSA) is 64.4 Å². The van der Waals surface area contributed by atoms with Crippen molar-refractivity contribution in [3.63, 3.8) is 0 Å². The van der Waals surface area contributed by atoms with E-state index in [-0.39, 0.29) is 11.6 Å². The lowest BCUT2D eigenvalue weighted by molar-refractivity contribution is 0.0942. The molecule has 162 valence electrons. The Morgan fingerprint density at radius 3 is 2.53 bits per heavy atom. The Labute approximate surface area is 192 Å². The van der Waals surface area contributed by atoms with Crippen LogP contribution in [0.2, 0.25) is 5.02 Å². The van der Waals surface area contributed by atoms with E-state index < -0.39 is 0 Å². The molecule has 0 bridgehead atoms. The van der Waals surface area contributed by atoms with E-state index >= 15 is 0 Å². The zero-order valence-corrected chi connectivity index (χ0v) is 18.9. The highest BCUT2D eigenvalue weighted by molar-refractivity contribution is 6.31. The molecule has 0 saturated heterocycles. The van der Waals surface area contributed by atoms with Gasteiger partial charge in [0.2, 0.25) is 0 Å². The van der Waals surface area contributed by atoms with Crippen molar-refractivity contribution in [1.82, 2.24) is 10.5 Å². The number of nitrogens with one attached hydrogen (secondary N) is 1. The summed E-state index contributed by atoms with van der Waals surface area (Å²) < 4.78 is 11.3. The maximum atomic E-state index is 12.5. The molecule has 0 saturated carbocycles. The monoisotopic (exact) mass is 446 g/mol. The van der Waals surface area contributed by atoms with Crippen molar-refractivity contribution >= 4 is 17.5 Å². The first-order valence-electron chi connectivity index (χ1n) is 10.2. The number of carbonyl (C=O) groups is 1. The Kier molecular flexibility index (Phi) is 6.28. The molecule has 1 amide bonds. The molecule has 1 aromatic heterocycles. The van der Waals surface area contributed by atoms with Crippen LogP contribution in [0.25, 0.3) is 11.3 Å². The Bertz CT molecular complexity index is 1260. The van der Waals surface area contributed by atoms with Crippen LogP contribution in [0.4, 0.5) is 0 Å². The van der Waals surface area contributed by atoms with Gasteiger partial charge >= 0.3 is 0 Å². The summed E-state index contributed by atoms with van der Waals surface area (Å²) in [6, 6.07) is 20.7. The van der Waals surface area contributed by atoms with Crippen LogP contribution in [-0.2, 0) is 6.54 Å². The molecular weight excluding hydrogens is 424 g/mol. The van der Waals surface area contributed by atoms with Crippen molar-refractivity contribution < 1.29 is 14.1 Å². The molecule has 0 aliphatic heterocycles. The molecule has 0 spiro atoms. The second-order valence-corrected chi connectivity index (χ2v) is 8.07. The highest BCUT2D eigenvalue weighted by Gasteiger charge is 2.14. The molecule has 0 radical (unpaired) electrons. The molecule has 4 rings (SSSR count). The highest BCUT2D eigenvalue weighted by Crippen LogP contribution is 2.29. The minimum Gasteiger partial charge on any atom is -0.457 e. The van der Waals surface area contributed by atoms with Crippen molar-refractivity contribution in [3.8, 4) is 22.8 Å². The van der Waals surface area contributed by atoms with Gasteiger partial charge in [0.05, 0.1) is 0 Å². The van der Waals surface area contributed by atoms with E-state index in [1.807, 2.05) is 74.5 Å². The molecule has 1 N–H and O–H groups in total. The Hall–Kier alpha value is -3.57. The standard InChI is InChI=1S/C26H23ClN2O3/c1-16-7-10-20(13-17(16)2)25-14-23(29-32-25)26(30)28-15-19-8-11-21(12-9-19)31-24-6-4-5-22(27)18(24)3/h4-14H,15H2,1-3H3,(H,28,30). The molecule has 32 heavy (non-hydrogen) atoms. The van der Waals surface area contributed by atoms with E-state index in [0.717, 1.165) is 22.3 Å². The summed E-state index contributed by atoms with van der Waals surface area (Å²) in [6.45, 7) is 6.36. The van der Waals surface area contributed by atoms with Crippen LogP contribution in [-0.4, -0.2) is 11.1 Å². The van der Waals surface area contributed by atoms with E-state index in [4.69, 9.17) is 20.9 Å². The zero-order chi connectivity index (χ0) is 22.7. The second kappa shape index (κ2) is 9.28. The van der Waals surface area contributed by atoms with Crippen LogP contribution in [0.3, 0.4) is 0 Å². The number of ether oxygens (including phenoxy) is 1. The minimum absolute atomic E-state index is 0.245. The van der Waals surface area contributed by atoms with Gasteiger partial charge in [0.1, 0.15) is 11.5 Å². The summed E-state index contributed by atoms with van der Waals surface area (Å²) in [5, 5.41) is 7.44. The van der Waals surface area contributed by atoms with Crippen LogP contribution >= 0.6 is 11.6 Å². The molecule has 4 aromatic rings. The average Bonchev–Trinajstić information content (AvgIpc) is 3.28. The predicted molar refractivity (Wildman–Crippen MR) is 125 cm³/mol. The highest BCUT2D eigenvalue weighted by atomic mass is 35.5. The number of nitrogens with zero attached hydrogens (tertiary/aromatic N) is 1. The number of carbonyl (C=O) groups excluding carboxylic acids is 1. The number of amides is 1. The summed E-state index contributed by atoms with van der Waals surface area (Å²) in [5.41, 5.74) is 5.32. The number of benzene rings is 3. The van der Waals surface area contributed by atoms with Crippen LogP contribution in [0.15, 0.2) is 71.3 Å². The van der Waals surface area contributed by atoms with Gasteiger partial charge in [-0.2, -0.15) is 0 Å². The quantitative estimate of drug-likeness (QED) is 0.360. The SMILES string of the molecule is Cc1ccc(-c2cc(C(=O)NCc3ccc(Oc4cccc(Cl)c4C)cc3)no2)cc1C. The number of aromatic nitrogens is 1. The maximum Gasteiger partial charge on any atom is 0.273 e. The number of rotatable bonds is 6. The Balaban J connectivity index is 1.36. The van der Waals surface area contributed by atoms with Gasteiger partial charge in [-0.25, -0.2) is 0 Å². The average molecular weight is 447 g/mol. The fourth-order valence-electron chi connectivity index (χ4n) is 3.19. The fraction of sp³-hybridized carbons (Fsp3) is 0.154. The molecule has 1 heterocycles. The maximum absolute atomic E-state index is 12.5. The van der Waals surface area contributed by atoms with E-state index in [1.54, 1.807) is 6.07 Å². The van der Waals surface area contributed by atoms with Gasteiger partial charge in [0.25, 0.3) is 5.91 Å². The Morgan fingerprint density at radius 1 is 1.00 bits per heavy atom. The van der Waals surface area contributed by atoms with Crippen molar-refractivity contribution in [2.45, 2.75) is 27.3 Å². The largest absolute Gasteiger partial charge is 0.457 e. The van der Waals surface area contributed by atoms with E-state index in [1.165, 1.54) is 5.56 Å². The fourth-order valence-corrected chi connectivity index (χ4v) is 3.35. The summed E-state index contributed by atoms with van der Waals surface area (Å²) >= 11 is 6.14. The van der Waals surface area contributed by atoms with Crippen molar-refractivity contribution in [2.24, 2.45) is 0 Å². The van der Waals surface area contributed by atoms with E-state index in [0.29, 0.717) is 28.8 Å². The number of aryl methyl sites for hydroxylation is 2. The molecule has 0 atom stereocenters. The number of halogens is 1. The zero-order valence-electron chi connectivity index (χ0n) is 18.1. The number of hydrogen-bond acceptors (Lipinski definition) is 4. The van der Waals surface area contributed by atoms with Crippen LogP contribution in [0, 0.1) is 20.8 Å². The van der Waals surface area contributed by atoms with E-state index in [9.17, 15) is 4.79 Å². The molecule has 0 aliphatic carbocycles. The van der Waals surface area contributed by atoms with Crippen LogP contribution in [0.1, 0.15) is 32.7 Å². The second-order valence-electron chi connectivity index (χ2n) is 7.67. The minimum atomic E-state index is -0.293. The first kappa shape index (κ1) is 21.7. The van der Waals surface area contributed by atoms with E-state index in [2.05, 4.69) is 17.4 Å². The van der Waals surface area contributed by atoms with Gasteiger partial charge in [-0.15, -0.1) is 0 Å². The molecule has 0 aliphatic rings.